The molecule has 0 aliphatic heterocycles. The number of nitrogens with one attached hydrogen (secondary N) is 1. The summed E-state index contributed by atoms with van der Waals surface area (Å²) in [5.74, 6) is -1.16. The molecule has 0 saturated heterocycles. The highest BCUT2D eigenvalue weighted by Gasteiger charge is 2.11. The highest BCUT2D eigenvalue weighted by Crippen LogP contribution is 2.32. The van der Waals surface area contributed by atoms with Crippen LogP contribution in [0.5, 0.6) is 0 Å². The first-order valence-electron chi connectivity index (χ1n) is 4.48. The normalized spacial score (nSPS) is 8.89. The van der Waals surface area contributed by atoms with E-state index >= 15 is 0 Å². The van der Waals surface area contributed by atoms with Crippen LogP contribution in [0.1, 0.15) is 10.4 Å². The van der Waals surface area contributed by atoms with Gasteiger partial charge in [0.05, 0.1) is 21.3 Å². The van der Waals surface area contributed by atoms with Gasteiger partial charge in [-0.15, -0.1) is 0 Å². The fourth-order valence-corrected chi connectivity index (χ4v) is 1.66. The lowest BCUT2D eigenvalue weighted by molar-refractivity contribution is 0.0697. The number of hydrogen-bond donors (Lipinski definition) is 2. The quantitative estimate of drug-likeness (QED) is 0.830. The van der Waals surface area contributed by atoms with Crippen molar-refractivity contribution in [2.45, 2.75) is 0 Å². The van der Waals surface area contributed by atoms with Crippen molar-refractivity contribution in [3.8, 4) is 12.1 Å². The van der Waals surface area contributed by atoms with Crippen molar-refractivity contribution in [1.29, 1.82) is 10.5 Å². The van der Waals surface area contributed by atoms with E-state index in [1.54, 1.807) is 12.1 Å². The zero-order valence-corrected chi connectivity index (χ0v) is 10.2. The molecule has 2 N–H and O–H groups in total. The first-order chi connectivity index (χ1) is 8.49. The highest BCUT2D eigenvalue weighted by atomic mass is 35.5. The van der Waals surface area contributed by atoms with Gasteiger partial charge in [0, 0.05) is 6.20 Å². The van der Waals surface area contributed by atoms with Crippen molar-refractivity contribution in [2.24, 2.45) is 0 Å². The van der Waals surface area contributed by atoms with Crippen molar-refractivity contribution < 1.29 is 9.90 Å². The van der Waals surface area contributed by atoms with Gasteiger partial charge in [0.2, 0.25) is 0 Å². The fraction of sp³-hybridized carbons (Fsp3) is 0. The van der Waals surface area contributed by atoms with E-state index in [0.29, 0.717) is 0 Å². The van der Waals surface area contributed by atoms with Crippen LogP contribution in [0.15, 0.2) is 23.9 Å². The van der Waals surface area contributed by atoms with Crippen LogP contribution in [-0.2, 0) is 0 Å². The van der Waals surface area contributed by atoms with Gasteiger partial charge in [-0.3, -0.25) is 0 Å². The van der Waals surface area contributed by atoms with Gasteiger partial charge in [0.25, 0.3) is 0 Å². The Balaban J connectivity index is 3.14. The fourth-order valence-electron chi connectivity index (χ4n) is 1.07. The summed E-state index contributed by atoms with van der Waals surface area (Å²) in [4.78, 5) is 10.7. The van der Waals surface area contributed by atoms with Crippen molar-refractivity contribution in [3.63, 3.8) is 0 Å². The minimum atomic E-state index is -1.16. The lowest BCUT2D eigenvalue weighted by Gasteiger charge is -2.07. The Kier molecular flexibility index (Phi) is 4.56. The van der Waals surface area contributed by atoms with E-state index in [4.69, 9.17) is 38.8 Å². The second kappa shape index (κ2) is 5.92. The number of halogens is 2. The molecule has 1 rings (SSSR count). The van der Waals surface area contributed by atoms with E-state index in [0.717, 1.165) is 6.20 Å². The van der Waals surface area contributed by atoms with Crippen LogP contribution in [0, 0.1) is 22.7 Å². The van der Waals surface area contributed by atoms with E-state index < -0.39 is 5.97 Å². The Morgan fingerprint density at radius 3 is 2.17 bits per heavy atom. The first-order valence-corrected chi connectivity index (χ1v) is 5.24. The lowest BCUT2D eigenvalue weighted by Crippen LogP contribution is -1.99. The SMILES string of the molecule is N#CC(C#N)=CNc1c(Cl)cc(C(=O)O)cc1Cl. The van der Waals surface area contributed by atoms with Crippen molar-refractivity contribution in [3.05, 3.63) is 39.5 Å². The van der Waals surface area contributed by atoms with Gasteiger partial charge in [0.15, 0.2) is 0 Å². The molecule has 0 aromatic heterocycles. The van der Waals surface area contributed by atoms with Gasteiger partial charge < -0.3 is 10.4 Å². The first kappa shape index (κ1) is 13.9. The van der Waals surface area contributed by atoms with Crippen molar-refractivity contribution in [1.82, 2.24) is 0 Å². The maximum atomic E-state index is 10.7. The van der Waals surface area contributed by atoms with Crippen LogP contribution in [0.3, 0.4) is 0 Å². The predicted molar refractivity (Wildman–Crippen MR) is 66.4 cm³/mol. The minimum Gasteiger partial charge on any atom is -0.478 e. The van der Waals surface area contributed by atoms with Crippen LogP contribution >= 0.6 is 23.2 Å². The summed E-state index contributed by atoms with van der Waals surface area (Å²) in [6.45, 7) is 0. The number of nitrogens with zero attached hydrogens (tertiary/aromatic N) is 2. The van der Waals surface area contributed by atoms with Crippen molar-refractivity contribution >= 4 is 34.9 Å². The molecule has 0 amide bonds. The van der Waals surface area contributed by atoms with E-state index in [1.165, 1.54) is 12.1 Å². The van der Waals surface area contributed by atoms with Crippen LogP contribution < -0.4 is 5.32 Å². The van der Waals surface area contributed by atoms with E-state index in [9.17, 15) is 4.79 Å². The van der Waals surface area contributed by atoms with Crippen LogP contribution in [0.25, 0.3) is 0 Å². The largest absolute Gasteiger partial charge is 0.478 e. The Morgan fingerprint density at radius 2 is 1.78 bits per heavy atom. The molecule has 18 heavy (non-hydrogen) atoms. The van der Waals surface area contributed by atoms with Crippen LogP contribution in [0.4, 0.5) is 5.69 Å². The number of aromatic carboxylic acids is 1. The minimum absolute atomic E-state index is 0.0553. The van der Waals surface area contributed by atoms with Crippen LogP contribution in [-0.4, -0.2) is 11.1 Å². The Morgan fingerprint density at radius 1 is 1.28 bits per heavy atom. The monoisotopic (exact) mass is 281 g/mol. The molecule has 0 aliphatic carbocycles. The summed E-state index contributed by atoms with van der Waals surface area (Å²) < 4.78 is 0. The van der Waals surface area contributed by atoms with Gasteiger partial charge in [0.1, 0.15) is 17.7 Å². The van der Waals surface area contributed by atoms with E-state index in [-0.39, 0.29) is 26.9 Å². The third-order valence-electron chi connectivity index (χ3n) is 1.89. The highest BCUT2D eigenvalue weighted by molar-refractivity contribution is 6.39. The number of hydrogen-bond acceptors (Lipinski definition) is 4. The number of nitriles is 2. The molecule has 7 heteroatoms. The van der Waals surface area contributed by atoms with Crippen LogP contribution in [0.2, 0.25) is 10.0 Å². The number of carboxylic acid groups (broad SMARTS) is 1. The number of rotatable bonds is 3. The number of benzene rings is 1. The average Bonchev–Trinajstić information content (AvgIpc) is 2.32. The second-order valence-corrected chi connectivity index (χ2v) is 3.86. The van der Waals surface area contributed by atoms with Gasteiger partial charge >= 0.3 is 5.97 Å². The average molecular weight is 282 g/mol. The molecule has 5 nitrogen and oxygen atoms in total. The third kappa shape index (κ3) is 3.14. The molecule has 0 spiro atoms. The molecule has 1 aromatic carbocycles. The maximum Gasteiger partial charge on any atom is 0.335 e. The summed E-state index contributed by atoms with van der Waals surface area (Å²) in [5, 5.41) is 28.6. The zero-order chi connectivity index (χ0) is 13.7. The number of carbonyl (C=O) groups is 1. The smallest absolute Gasteiger partial charge is 0.335 e. The molecule has 0 atom stereocenters. The molecular formula is C11H5Cl2N3O2. The molecule has 0 heterocycles. The Labute approximate surface area is 112 Å². The summed E-state index contributed by atoms with van der Waals surface area (Å²) >= 11 is 11.7. The summed E-state index contributed by atoms with van der Waals surface area (Å²) in [7, 11) is 0. The molecule has 0 unspecified atom stereocenters. The van der Waals surface area contributed by atoms with Crippen molar-refractivity contribution in [2.75, 3.05) is 5.32 Å². The molecule has 0 bridgehead atoms. The predicted octanol–water partition coefficient (Wildman–Crippen LogP) is 3.03. The van der Waals surface area contributed by atoms with E-state index in [1.807, 2.05) is 0 Å². The van der Waals surface area contributed by atoms with Gasteiger partial charge in [-0.05, 0) is 12.1 Å². The molecule has 0 aliphatic rings. The Bertz CT molecular complexity index is 573. The summed E-state index contributed by atoms with van der Waals surface area (Å²) in [5.41, 5.74) is 0.0103. The number of carboxylic acids is 1. The lowest BCUT2D eigenvalue weighted by atomic mass is 10.2. The third-order valence-corrected chi connectivity index (χ3v) is 2.49. The molecule has 0 saturated carbocycles. The van der Waals surface area contributed by atoms with Gasteiger partial charge in [-0.25, -0.2) is 4.79 Å². The molecule has 1 aromatic rings. The summed E-state index contributed by atoms with van der Waals surface area (Å²) in [6.07, 6.45) is 1.13. The molecular weight excluding hydrogens is 277 g/mol. The second-order valence-electron chi connectivity index (χ2n) is 3.05. The molecule has 90 valence electrons. The standard InChI is InChI=1S/C11H5Cl2N3O2/c12-8-1-7(11(17)18)2-9(13)10(8)16-5-6(3-14)4-15/h1-2,5,16H,(H,17,18). The summed E-state index contributed by atoms with van der Waals surface area (Å²) in [6, 6.07) is 5.72. The number of anilines is 1. The topological polar surface area (TPSA) is 96.9 Å². The maximum absolute atomic E-state index is 10.7. The van der Waals surface area contributed by atoms with E-state index in [2.05, 4.69) is 5.32 Å². The molecule has 0 radical (unpaired) electrons. The zero-order valence-electron chi connectivity index (χ0n) is 8.74. The van der Waals surface area contributed by atoms with Gasteiger partial charge in [-0.1, -0.05) is 23.2 Å². The Hall–Kier alpha value is -2.21. The number of allylic oxidation sites excluding steroid dienone is 1. The molecule has 0 fully saturated rings. The van der Waals surface area contributed by atoms with Gasteiger partial charge in [-0.2, -0.15) is 10.5 Å².